The average Bonchev–Trinajstić information content (AvgIpc) is 3.21. The zero-order valence-corrected chi connectivity index (χ0v) is 17.0. The Morgan fingerprint density at radius 2 is 2.14 bits per heavy atom. The van der Waals surface area contributed by atoms with Crippen molar-refractivity contribution in [2.24, 2.45) is 0 Å². The van der Waals surface area contributed by atoms with E-state index >= 15 is 0 Å². The minimum absolute atomic E-state index is 0.171. The largest absolute Gasteiger partial charge is 0.467 e. The molecule has 0 aromatic carbocycles. The standard InChI is InChI=1S/C20H29N3O6/c1-3-27-20(28-4-2)18-21-17-7-8-23(11-16(17)19(25)22-18)10-14(24)12-26-13-15-6-5-9-29-15/h5-6,9,14,20,24H,3-4,7-8,10-13H2,1-2H3,(H,21,22,25)/p+1/t14-/m0/s1. The third kappa shape index (κ3) is 5.97. The molecule has 1 aliphatic heterocycles. The number of furan rings is 1. The van der Waals surface area contributed by atoms with E-state index in [1.165, 1.54) is 0 Å². The van der Waals surface area contributed by atoms with Crippen LogP contribution in [0.15, 0.2) is 27.6 Å². The van der Waals surface area contributed by atoms with Gasteiger partial charge in [0.25, 0.3) is 5.56 Å². The minimum atomic E-state index is -0.665. The van der Waals surface area contributed by atoms with E-state index in [1.807, 2.05) is 19.9 Å². The highest BCUT2D eigenvalue weighted by molar-refractivity contribution is 5.19. The summed E-state index contributed by atoms with van der Waals surface area (Å²) >= 11 is 0. The van der Waals surface area contributed by atoms with Crippen molar-refractivity contribution in [1.82, 2.24) is 9.97 Å². The quantitative estimate of drug-likeness (QED) is 0.447. The maximum Gasteiger partial charge on any atom is 0.260 e. The van der Waals surface area contributed by atoms with Crippen LogP contribution in [-0.4, -0.2) is 54.1 Å². The second-order valence-corrected chi connectivity index (χ2v) is 7.00. The van der Waals surface area contributed by atoms with Crippen LogP contribution in [0.1, 0.15) is 43.0 Å². The first-order valence-corrected chi connectivity index (χ1v) is 10.1. The Morgan fingerprint density at radius 1 is 1.34 bits per heavy atom. The van der Waals surface area contributed by atoms with E-state index in [4.69, 9.17) is 18.6 Å². The fraction of sp³-hybridized carbons (Fsp3) is 0.600. The van der Waals surface area contributed by atoms with Crippen LogP contribution in [0.25, 0.3) is 0 Å². The van der Waals surface area contributed by atoms with Gasteiger partial charge in [0.2, 0.25) is 6.29 Å². The van der Waals surface area contributed by atoms with Crippen molar-refractivity contribution in [3.8, 4) is 0 Å². The van der Waals surface area contributed by atoms with Crippen LogP contribution in [0, 0.1) is 0 Å². The number of ether oxygens (including phenoxy) is 3. The first-order chi connectivity index (χ1) is 14.1. The maximum absolute atomic E-state index is 12.6. The van der Waals surface area contributed by atoms with Gasteiger partial charge in [0.15, 0.2) is 5.82 Å². The third-order valence-electron chi connectivity index (χ3n) is 4.78. The van der Waals surface area contributed by atoms with Gasteiger partial charge in [0.05, 0.1) is 30.7 Å². The van der Waals surface area contributed by atoms with Gasteiger partial charge in [0, 0.05) is 19.6 Å². The van der Waals surface area contributed by atoms with Gasteiger partial charge in [-0.05, 0) is 26.0 Å². The first kappa shape index (κ1) is 21.7. The summed E-state index contributed by atoms with van der Waals surface area (Å²) in [7, 11) is 0. The molecule has 1 aliphatic rings. The topological polar surface area (TPSA) is 111 Å². The van der Waals surface area contributed by atoms with Crippen LogP contribution < -0.4 is 10.5 Å². The summed E-state index contributed by atoms with van der Waals surface area (Å²) in [5, 5.41) is 10.3. The van der Waals surface area contributed by atoms with Gasteiger partial charge in [-0.15, -0.1) is 0 Å². The number of hydrogen-bond donors (Lipinski definition) is 3. The van der Waals surface area contributed by atoms with Gasteiger partial charge in [-0.1, -0.05) is 0 Å². The normalized spacial score (nSPS) is 17.4. The molecule has 29 heavy (non-hydrogen) atoms. The number of aromatic amines is 1. The Balaban J connectivity index is 1.56. The van der Waals surface area contributed by atoms with Gasteiger partial charge in [-0.3, -0.25) is 4.79 Å². The molecule has 2 aromatic heterocycles. The number of nitrogens with one attached hydrogen (secondary N) is 2. The Bertz CT molecular complexity index is 801. The molecule has 1 unspecified atom stereocenters. The van der Waals surface area contributed by atoms with Crippen LogP contribution in [-0.2, 0) is 33.8 Å². The first-order valence-electron chi connectivity index (χ1n) is 10.1. The molecule has 2 aromatic rings. The predicted molar refractivity (Wildman–Crippen MR) is 103 cm³/mol. The minimum Gasteiger partial charge on any atom is -0.467 e. The van der Waals surface area contributed by atoms with E-state index < -0.39 is 12.4 Å². The SMILES string of the molecule is CCOC(OCC)c1nc2c(c(=O)[nH]1)C[NH+](C[C@H](O)COCc1ccco1)CC2. The number of aliphatic hydroxyl groups excluding tert-OH is 1. The number of rotatable bonds is 11. The Labute approximate surface area is 169 Å². The Hall–Kier alpha value is -2.04. The number of fused-ring (bicyclic) bond motifs is 1. The lowest BCUT2D eigenvalue weighted by Crippen LogP contribution is -3.13. The van der Waals surface area contributed by atoms with Crippen molar-refractivity contribution in [2.75, 3.05) is 32.9 Å². The van der Waals surface area contributed by atoms with Crippen LogP contribution in [0.4, 0.5) is 0 Å². The molecule has 2 atom stereocenters. The zero-order valence-electron chi connectivity index (χ0n) is 17.0. The molecule has 0 amide bonds. The smallest absolute Gasteiger partial charge is 0.260 e. The van der Waals surface area contributed by atoms with Crippen LogP contribution >= 0.6 is 0 Å². The van der Waals surface area contributed by atoms with E-state index in [1.54, 1.807) is 12.3 Å². The summed E-state index contributed by atoms with van der Waals surface area (Å²) in [5.41, 5.74) is 1.26. The second-order valence-electron chi connectivity index (χ2n) is 7.00. The summed E-state index contributed by atoms with van der Waals surface area (Å²) < 4.78 is 21.8. The van der Waals surface area contributed by atoms with Crippen molar-refractivity contribution in [3.05, 3.63) is 51.6 Å². The highest BCUT2D eigenvalue weighted by Crippen LogP contribution is 2.15. The molecule has 9 nitrogen and oxygen atoms in total. The van der Waals surface area contributed by atoms with Crippen molar-refractivity contribution in [2.45, 2.75) is 45.8 Å². The highest BCUT2D eigenvalue weighted by Gasteiger charge is 2.27. The summed E-state index contributed by atoms with van der Waals surface area (Å²) in [6, 6.07) is 3.63. The Kier molecular flexibility index (Phi) is 7.96. The lowest BCUT2D eigenvalue weighted by molar-refractivity contribution is -0.919. The number of H-pyrrole nitrogens is 1. The van der Waals surface area contributed by atoms with Gasteiger partial charge >= 0.3 is 0 Å². The molecule has 0 bridgehead atoms. The monoisotopic (exact) mass is 408 g/mol. The van der Waals surface area contributed by atoms with E-state index in [9.17, 15) is 9.90 Å². The Morgan fingerprint density at radius 3 is 2.83 bits per heavy atom. The summed E-state index contributed by atoms with van der Waals surface area (Å²) in [6.07, 6.45) is 0.966. The van der Waals surface area contributed by atoms with Gasteiger partial charge in [-0.2, -0.15) is 0 Å². The van der Waals surface area contributed by atoms with E-state index in [0.717, 1.165) is 22.9 Å². The fourth-order valence-corrected chi connectivity index (χ4v) is 3.46. The molecule has 0 fully saturated rings. The molecular weight excluding hydrogens is 378 g/mol. The average molecular weight is 408 g/mol. The molecule has 9 heteroatoms. The molecule has 0 radical (unpaired) electrons. The molecule has 0 saturated heterocycles. The van der Waals surface area contributed by atoms with E-state index in [0.29, 0.717) is 50.7 Å². The lowest BCUT2D eigenvalue weighted by Gasteiger charge is -2.27. The molecule has 0 saturated carbocycles. The third-order valence-corrected chi connectivity index (χ3v) is 4.78. The van der Waals surface area contributed by atoms with Gasteiger partial charge < -0.3 is 33.6 Å². The van der Waals surface area contributed by atoms with Gasteiger partial charge in [-0.25, -0.2) is 4.98 Å². The van der Waals surface area contributed by atoms with E-state index in [-0.39, 0.29) is 12.2 Å². The van der Waals surface area contributed by atoms with Crippen molar-refractivity contribution in [1.29, 1.82) is 0 Å². The number of quaternary nitrogens is 1. The second kappa shape index (κ2) is 10.7. The number of hydrogen-bond acceptors (Lipinski definition) is 7. The molecule has 0 aliphatic carbocycles. The van der Waals surface area contributed by atoms with Crippen molar-refractivity contribution >= 4 is 0 Å². The molecule has 160 valence electrons. The zero-order chi connectivity index (χ0) is 20.6. The molecular formula is C20H30N3O6+. The van der Waals surface area contributed by atoms with Gasteiger partial charge in [0.1, 0.15) is 31.6 Å². The van der Waals surface area contributed by atoms with Crippen molar-refractivity contribution < 1.29 is 28.6 Å². The number of nitrogens with zero attached hydrogens (tertiary/aromatic N) is 1. The van der Waals surface area contributed by atoms with Crippen molar-refractivity contribution in [3.63, 3.8) is 0 Å². The van der Waals surface area contributed by atoms with E-state index in [2.05, 4.69) is 9.97 Å². The van der Waals surface area contributed by atoms with Crippen LogP contribution in [0.3, 0.4) is 0 Å². The summed E-state index contributed by atoms with van der Waals surface area (Å²) in [6.45, 7) is 7.00. The fourth-order valence-electron chi connectivity index (χ4n) is 3.46. The molecule has 0 spiro atoms. The molecule has 3 rings (SSSR count). The summed E-state index contributed by atoms with van der Waals surface area (Å²) in [5.74, 6) is 1.13. The highest BCUT2D eigenvalue weighted by atomic mass is 16.7. The summed E-state index contributed by atoms with van der Waals surface area (Å²) in [4.78, 5) is 21.1. The number of aromatic nitrogens is 2. The molecule has 3 heterocycles. The predicted octanol–water partition coefficient (Wildman–Crippen LogP) is -0.0468. The van der Waals surface area contributed by atoms with Crippen LogP contribution in [0.5, 0.6) is 0 Å². The number of aliphatic hydroxyl groups is 1. The lowest BCUT2D eigenvalue weighted by atomic mass is 10.1. The molecule has 3 N–H and O–H groups in total. The van der Waals surface area contributed by atoms with Crippen LogP contribution in [0.2, 0.25) is 0 Å². The maximum atomic E-state index is 12.6.